The fraction of sp³-hybridized carbons (Fsp3) is 0.588. The van der Waals surface area contributed by atoms with Gasteiger partial charge in [-0.3, -0.25) is 9.52 Å². The first-order valence-corrected chi connectivity index (χ1v) is 10.3. The molecule has 2 atom stereocenters. The van der Waals surface area contributed by atoms with Gasteiger partial charge in [0.05, 0.1) is 16.9 Å². The first-order chi connectivity index (χ1) is 10.6. The molecule has 1 aromatic carbocycles. The van der Waals surface area contributed by atoms with Crippen molar-refractivity contribution in [3.63, 3.8) is 0 Å². The second-order valence-electron chi connectivity index (χ2n) is 7.51. The predicted molar refractivity (Wildman–Crippen MR) is 94.9 cm³/mol. The van der Waals surface area contributed by atoms with Crippen LogP contribution in [0.15, 0.2) is 22.7 Å². The van der Waals surface area contributed by atoms with Gasteiger partial charge >= 0.3 is 0 Å². The molecule has 2 fully saturated rings. The first kappa shape index (κ1) is 17.0. The van der Waals surface area contributed by atoms with Crippen molar-refractivity contribution in [2.24, 2.45) is 16.7 Å². The van der Waals surface area contributed by atoms with Gasteiger partial charge in [-0.15, -0.1) is 0 Å². The van der Waals surface area contributed by atoms with E-state index >= 15 is 0 Å². The SMILES string of the molecule is Cc1ccc(NS(=O)(=O)C[C@@]23CC[C@H](CC2=O)C3(C)C)c(Br)c1. The molecule has 2 aliphatic carbocycles. The maximum absolute atomic E-state index is 12.7. The van der Waals surface area contributed by atoms with Crippen LogP contribution in [-0.2, 0) is 14.8 Å². The molecule has 0 radical (unpaired) electrons. The molecule has 0 heterocycles. The predicted octanol–water partition coefficient (Wildman–Crippen LogP) is 3.89. The van der Waals surface area contributed by atoms with E-state index in [-0.39, 0.29) is 17.0 Å². The maximum atomic E-state index is 12.7. The molecule has 0 unspecified atom stereocenters. The summed E-state index contributed by atoms with van der Waals surface area (Å²) in [6.45, 7) is 6.04. The van der Waals surface area contributed by atoms with Gasteiger partial charge in [0, 0.05) is 10.9 Å². The molecule has 6 heteroatoms. The monoisotopic (exact) mass is 399 g/mol. The number of nitrogens with one attached hydrogen (secondary N) is 1. The van der Waals surface area contributed by atoms with Gasteiger partial charge < -0.3 is 0 Å². The zero-order valence-electron chi connectivity index (χ0n) is 13.6. The molecular formula is C17H22BrNO3S. The number of rotatable bonds is 4. The number of hydrogen-bond acceptors (Lipinski definition) is 3. The summed E-state index contributed by atoms with van der Waals surface area (Å²) in [6, 6.07) is 5.47. The molecule has 0 aromatic heterocycles. The Balaban J connectivity index is 1.88. The highest BCUT2D eigenvalue weighted by Crippen LogP contribution is 2.64. The minimum Gasteiger partial charge on any atom is -0.299 e. The van der Waals surface area contributed by atoms with E-state index in [9.17, 15) is 13.2 Å². The highest BCUT2D eigenvalue weighted by Gasteiger charge is 2.65. The summed E-state index contributed by atoms with van der Waals surface area (Å²) in [7, 11) is -3.60. The molecule has 126 valence electrons. The van der Waals surface area contributed by atoms with Crippen LogP contribution in [0.2, 0.25) is 0 Å². The van der Waals surface area contributed by atoms with Crippen LogP contribution in [0.5, 0.6) is 0 Å². The molecule has 2 aliphatic rings. The Kier molecular flexibility index (Phi) is 3.92. The van der Waals surface area contributed by atoms with E-state index in [1.807, 2.05) is 32.9 Å². The standard InChI is InChI=1S/C17H22BrNO3S/c1-11-4-5-14(13(18)8-11)19-23(21,22)10-17-7-6-12(9-15(17)20)16(17,2)3/h4-5,8,12,19H,6-7,9-10H2,1-3H3/t12-,17+/m1/s1. The first-order valence-electron chi connectivity index (χ1n) is 7.87. The Morgan fingerprint density at radius 3 is 2.57 bits per heavy atom. The number of sulfonamides is 1. The highest BCUT2D eigenvalue weighted by molar-refractivity contribution is 9.10. The number of anilines is 1. The molecule has 1 aromatic rings. The van der Waals surface area contributed by atoms with Crippen molar-refractivity contribution in [2.75, 3.05) is 10.5 Å². The van der Waals surface area contributed by atoms with Gasteiger partial charge in [-0.1, -0.05) is 19.9 Å². The minimum absolute atomic E-state index is 0.118. The lowest BCUT2D eigenvalue weighted by Crippen LogP contribution is -2.43. The normalized spacial score (nSPS) is 29.0. The van der Waals surface area contributed by atoms with Crippen molar-refractivity contribution in [1.29, 1.82) is 0 Å². The lowest BCUT2D eigenvalue weighted by molar-refractivity contribution is -0.128. The topological polar surface area (TPSA) is 63.2 Å². The Labute approximate surface area is 146 Å². The van der Waals surface area contributed by atoms with Crippen molar-refractivity contribution in [3.8, 4) is 0 Å². The number of aryl methyl sites for hydroxylation is 1. The van der Waals surface area contributed by atoms with Gasteiger partial charge in [-0.25, -0.2) is 8.42 Å². The van der Waals surface area contributed by atoms with Crippen LogP contribution in [0, 0.1) is 23.7 Å². The third-order valence-electron chi connectivity index (χ3n) is 5.97. The van der Waals surface area contributed by atoms with Crippen LogP contribution >= 0.6 is 15.9 Å². The maximum Gasteiger partial charge on any atom is 0.233 e. The molecule has 0 amide bonds. The Bertz CT molecular complexity index is 772. The minimum atomic E-state index is -3.60. The Hall–Kier alpha value is -0.880. The number of Topliss-reactive ketones (excluding diaryl/α,β-unsaturated/α-hetero) is 1. The van der Waals surface area contributed by atoms with E-state index in [0.717, 1.165) is 12.0 Å². The molecule has 0 spiro atoms. The zero-order valence-corrected chi connectivity index (χ0v) is 16.1. The third kappa shape index (κ3) is 2.64. The van der Waals surface area contributed by atoms with Crippen molar-refractivity contribution in [1.82, 2.24) is 0 Å². The van der Waals surface area contributed by atoms with E-state index < -0.39 is 15.4 Å². The van der Waals surface area contributed by atoms with Crippen LogP contribution in [0.3, 0.4) is 0 Å². The number of ketones is 1. The summed E-state index contributed by atoms with van der Waals surface area (Å²) >= 11 is 3.39. The third-order valence-corrected chi connectivity index (χ3v) is 8.03. The van der Waals surface area contributed by atoms with Crippen molar-refractivity contribution < 1.29 is 13.2 Å². The molecule has 2 saturated carbocycles. The van der Waals surface area contributed by atoms with Gasteiger partial charge in [0.1, 0.15) is 5.78 Å². The second-order valence-corrected chi connectivity index (χ2v) is 10.1. The summed E-state index contributed by atoms with van der Waals surface area (Å²) in [5.74, 6) is 0.311. The van der Waals surface area contributed by atoms with Crippen molar-refractivity contribution in [3.05, 3.63) is 28.2 Å². The van der Waals surface area contributed by atoms with Gasteiger partial charge in [0.25, 0.3) is 0 Å². The number of carbonyl (C=O) groups excluding carboxylic acids is 1. The van der Waals surface area contributed by atoms with Crippen LogP contribution < -0.4 is 4.72 Å². The molecule has 2 bridgehead atoms. The number of hydrogen-bond donors (Lipinski definition) is 1. The average molecular weight is 400 g/mol. The molecule has 0 saturated heterocycles. The lowest BCUT2D eigenvalue weighted by Gasteiger charge is -2.36. The van der Waals surface area contributed by atoms with Crippen LogP contribution in [0.4, 0.5) is 5.69 Å². The number of fused-ring (bicyclic) bond motifs is 2. The largest absolute Gasteiger partial charge is 0.299 e. The lowest BCUT2D eigenvalue weighted by atomic mass is 9.70. The Morgan fingerprint density at radius 2 is 2.04 bits per heavy atom. The molecule has 23 heavy (non-hydrogen) atoms. The van der Waals surface area contributed by atoms with E-state index in [0.29, 0.717) is 28.9 Å². The number of carbonyl (C=O) groups is 1. The quantitative estimate of drug-likeness (QED) is 0.834. The summed E-state index contributed by atoms with van der Waals surface area (Å²) in [4.78, 5) is 12.5. The van der Waals surface area contributed by atoms with Gasteiger partial charge in [-0.2, -0.15) is 0 Å². The number of halogens is 1. The molecule has 3 rings (SSSR count). The average Bonchev–Trinajstić information content (AvgIpc) is 2.75. The van der Waals surface area contributed by atoms with Crippen molar-refractivity contribution >= 4 is 37.4 Å². The molecule has 4 nitrogen and oxygen atoms in total. The smallest absolute Gasteiger partial charge is 0.233 e. The summed E-state index contributed by atoms with van der Waals surface area (Å²) in [5, 5.41) is 0. The molecular weight excluding hydrogens is 378 g/mol. The Morgan fingerprint density at radius 1 is 1.35 bits per heavy atom. The molecule has 1 N–H and O–H groups in total. The number of benzene rings is 1. The fourth-order valence-electron chi connectivity index (χ4n) is 4.34. The summed E-state index contributed by atoms with van der Waals surface area (Å²) in [5.41, 5.74) is 0.582. The zero-order chi connectivity index (χ0) is 17.0. The summed E-state index contributed by atoms with van der Waals surface area (Å²) < 4.78 is 28.8. The summed E-state index contributed by atoms with van der Waals surface area (Å²) in [6.07, 6.45) is 2.15. The van der Waals surface area contributed by atoms with Gasteiger partial charge in [-0.05, 0) is 64.7 Å². The fourth-order valence-corrected chi connectivity index (χ4v) is 6.97. The van der Waals surface area contributed by atoms with E-state index in [1.165, 1.54) is 0 Å². The van der Waals surface area contributed by atoms with Crippen LogP contribution in [0.1, 0.15) is 38.7 Å². The van der Waals surface area contributed by atoms with Crippen LogP contribution in [-0.4, -0.2) is 20.0 Å². The van der Waals surface area contributed by atoms with Gasteiger partial charge in [0.15, 0.2) is 0 Å². The van der Waals surface area contributed by atoms with E-state index in [1.54, 1.807) is 6.07 Å². The van der Waals surface area contributed by atoms with E-state index in [2.05, 4.69) is 20.7 Å². The van der Waals surface area contributed by atoms with Crippen molar-refractivity contribution in [2.45, 2.75) is 40.0 Å². The highest BCUT2D eigenvalue weighted by atomic mass is 79.9. The van der Waals surface area contributed by atoms with Gasteiger partial charge in [0.2, 0.25) is 10.0 Å². The second kappa shape index (κ2) is 5.31. The molecule has 0 aliphatic heterocycles. The van der Waals surface area contributed by atoms with E-state index in [4.69, 9.17) is 0 Å². The van der Waals surface area contributed by atoms with Crippen LogP contribution in [0.25, 0.3) is 0 Å².